The molecule has 0 aliphatic carbocycles. The molecular formula is C18H22N6. The van der Waals surface area contributed by atoms with Gasteiger partial charge in [-0.05, 0) is 37.1 Å². The van der Waals surface area contributed by atoms with Gasteiger partial charge in [-0.15, -0.1) is 5.10 Å². The summed E-state index contributed by atoms with van der Waals surface area (Å²) >= 11 is 0. The van der Waals surface area contributed by atoms with Gasteiger partial charge in [-0.1, -0.05) is 12.1 Å². The zero-order valence-corrected chi connectivity index (χ0v) is 14.1. The maximum atomic E-state index is 4.82. The number of fused-ring (bicyclic) bond motifs is 1. The lowest BCUT2D eigenvalue weighted by atomic mass is 10.0. The average Bonchev–Trinajstić information content (AvgIpc) is 2.99. The number of rotatable bonds is 3. The van der Waals surface area contributed by atoms with Crippen molar-refractivity contribution in [1.82, 2.24) is 19.7 Å². The van der Waals surface area contributed by atoms with Crippen molar-refractivity contribution in [2.75, 3.05) is 29.9 Å². The van der Waals surface area contributed by atoms with Gasteiger partial charge in [-0.3, -0.25) is 0 Å². The molecule has 0 N–H and O–H groups in total. The van der Waals surface area contributed by atoms with Gasteiger partial charge < -0.3 is 14.4 Å². The number of benzene rings is 1. The largest absolute Gasteiger partial charge is 0.355 e. The highest BCUT2D eigenvalue weighted by Crippen LogP contribution is 2.26. The van der Waals surface area contributed by atoms with Crippen molar-refractivity contribution < 1.29 is 0 Å². The van der Waals surface area contributed by atoms with E-state index in [-0.39, 0.29) is 0 Å². The fourth-order valence-corrected chi connectivity index (χ4v) is 3.54. The van der Waals surface area contributed by atoms with E-state index in [9.17, 15) is 0 Å². The lowest BCUT2D eigenvalue weighted by Crippen LogP contribution is -2.44. The van der Waals surface area contributed by atoms with Gasteiger partial charge in [-0.2, -0.15) is 5.10 Å². The second-order valence-electron chi connectivity index (χ2n) is 6.37. The number of aromatic nitrogens is 4. The lowest BCUT2D eigenvalue weighted by molar-refractivity contribution is 0.472. The molecule has 0 bridgehead atoms. The van der Waals surface area contributed by atoms with Crippen molar-refractivity contribution in [2.45, 2.75) is 18.9 Å². The van der Waals surface area contributed by atoms with Crippen LogP contribution < -0.4 is 9.80 Å². The van der Waals surface area contributed by atoms with E-state index in [0.29, 0.717) is 6.04 Å². The van der Waals surface area contributed by atoms with Gasteiger partial charge in [-0.25, -0.2) is 4.98 Å². The molecule has 0 unspecified atom stereocenters. The Balaban J connectivity index is 1.48. The summed E-state index contributed by atoms with van der Waals surface area (Å²) in [6, 6.07) is 12.8. The van der Waals surface area contributed by atoms with Crippen LogP contribution in [0, 0.1) is 0 Å². The standard InChI is InChI=1S/C18H22N6/c1-22(17-8-5-11-19-21-17)14-9-12-24(13-10-14)18-20-15-6-3-4-7-16(15)23(18)2/h3-8,11,14H,9-10,12-13H2,1-2H3. The molecule has 0 saturated carbocycles. The molecule has 6 nitrogen and oxygen atoms in total. The maximum Gasteiger partial charge on any atom is 0.206 e. The van der Waals surface area contributed by atoms with Crippen LogP contribution in [-0.4, -0.2) is 45.9 Å². The summed E-state index contributed by atoms with van der Waals surface area (Å²) in [4.78, 5) is 9.46. The number of piperidine rings is 1. The number of aryl methyl sites for hydroxylation is 1. The molecule has 3 heterocycles. The van der Waals surface area contributed by atoms with Gasteiger partial charge in [0, 0.05) is 39.4 Å². The van der Waals surface area contributed by atoms with E-state index in [0.717, 1.165) is 43.2 Å². The number of para-hydroxylation sites is 2. The summed E-state index contributed by atoms with van der Waals surface area (Å²) in [6.07, 6.45) is 3.90. The molecule has 0 radical (unpaired) electrons. The van der Waals surface area contributed by atoms with Gasteiger partial charge in [0.05, 0.1) is 11.0 Å². The second-order valence-corrected chi connectivity index (χ2v) is 6.37. The number of imidazole rings is 1. The van der Waals surface area contributed by atoms with Crippen molar-refractivity contribution in [3.63, 3.8) is 0 Å². The van der Waals surface area contributed by atoms with E-state index in [2.05, 4.69) is 56.9 Å². The highest BCUT2D eigenvalue weighted by molar-refractivity contribution is 5.78. The van der Waals surface area contributed by atoms with Crippen LogP contribution in [0.2, 0.25) is 0 Å². The normalized spacial score (nSPS) is 15.8. The van der Waals surface area contributed by atoms with E-state index in [1.54, 1.807) is 6.20 Å². The van der Waals surface area contributed by atoms with Crippen LogP contribution in [0.5, 0.6) is 0 Å². The van der Waals surface area contributed by atoms with Crippen molar-refractivity contribution in [3.8, 4) is 0 Å². The highest BCUT2D eigenvalue weighted by Gasteiger charge is 2.25. The summed E-state index contributed by atoms with van der Waals surface area (Å²) in [6.45, 7) is 2.01. The van der Waals surface area contributed by atoms with Crippen molar-refractivity contribution in [3.05, 3.63) is 42.6 Å². The zero-order valence-electron chi connectivity index (χ0n) is 14.1. The fourth-order valence-electron chi connectivity index (χ4n) is 3.54. The summed E-state index contributed by atoms with van der Waals surface area (Å²) in [5, 5.41) is 8.20. The molecule has 1 aliphatic heterocycles. The van der Waals surface area contributed by atoms with E-state index >= 15 is 0 Å². The Labute approximate surface area is 141 Å². The van der Waals surface area contributed by atoms with Crippen LogP contribution in [-0.2, 0) is 7.05 Å². The predicted octanol–water partition coefficient (Wildman–Crippen LogP) is 2.47. The Morgan fingerprint density at radius 1 is 1.08 bits per heavy atom. The number of hydrogen-bond acceptors (Lipinski definition) is 5. The molecule has 0 atom stereocenters. The summed E-state index contributed by atoms with van der Waals surface area (Å²) in [5.41, 5.74) is 2.25. The SMILES string of the molecule is CN(c1cccnn1)C1CCN(c2nc3ccccc3n2C)CC1. The van der Waals surface area contributed by atoms with Crippen LogP contribution in [0.15, 0.2) is 42.6 Å². The molecule has 2 aromatic heterocycles. The van der Waals surface area contributed by atoms with E-state index < -0.39 is 0 Å². The smallest absolute Gasteiger partial charge is 0.206 e. The molecule has 24 heavy (non-hydrogen) atoms. The van der Waals surface area contributed by atoms with Crippen molar-refractivity contribution >= 4 is 22.8 Å². The van der Waals surface area contributed by atoms with Gasteiger partial charge in [0.25, 0.3) is 0 Å². The van der Waals surface area contributed by atoms with Crippen LogP contribution >= 0.6 is 0 Å². The van der Waals surface area contributed by atoms with E-state index in [4.69, 9.17) is 4.98 Å². The minimum atomic E-state index is 0.493. The number of hydrogen-bond donors (Lipinski definition) is 0. The Morgan fingerprint density at radius 2 is 1.88 bits per heavy atom. The molecule has 3 aromatic rings. The molecule has 1 aliphatic rings. The fraction of sp³-hybridized carbons (Fsp3) is 0.389. The van der Waals surface area contributed by atoms with Gasteiger partial charge in [0.2, 0.25) is 5.95 Å². The summed E-state index contributed by atoms with van der Waals surface area (Å²) in [7, 11) is 4.21. The number of nitrogens with zero attached hydrogens (tertiary/aromatic N) is 6. The quantitative estimate of drug-likeness (QED) is 0.741. The average molecular weight is 322 g/mol. The molecule has 4 rings (SSSR count). The molecule has 1 aromatic carbocycles. The number of anilines is 2. The first-order valence-electron chi connectivity index (χ1n) is 8.41. The first-order valence-corrected chi connectivity index (χ1v) is 8.41. The predicted molar refractivity (Wildman–Crippen MR) is 96.4 cm³/mol. The minimum absolute atomic E-state index is 0.493. The second kappa shape index (κ2) is 6.11. The van der Waals surface area contributed by atoms with Crippen LogP contribution in [0.25, 0.3) is 11.0 Å². The van der Waals surface area contributed by atoms with E-state index in [1.807, 2.05) is 18.2 Å². The van der Waals surface area contributed by atoms with Crippen LogP contribution in [0.4, 0.5) is 11.8 Å². The first-order chi connectivity index (χ1) is 11.7. The molecule has 0 amide bonds. The molecule has 1 saturated heterocycles. The summed E-state index contributed by atoms with van der Waals surface area (Å²) < 4.78 is 2.20. The molecule has 124 valence electrons. The molecule has 1 fully saturated rings. The van der Waals surface area contributed by atoms with Gasteiger partial charge in [0.15, 0.2) is 5.82 Å². The monoisotopic (exact) mass is 322 g/mol. The highest BCUT2D eigenvalue weighted by atomic mass is 15.3. The summed E-state index contributed by atoms with van der Waals surface area (Å²) in [5.74, 6) is 2.01. The Kier molecular flexibility index (Phi) is 3.80. The van der Waals surface area contributed by atoms with Gasteiger partial charge in [0.1, 0.15) is 0 Å². The lowest BCUT2D eigenvalue weighted by Gasteiger charge is -2.37. The molecule has 6 heteroatoms. The van der Waals surface area contributed by atoms with E-state index in [1.165, 1.54) is 5.52 Å². The van der Waals surface area contributed by atoms with Crippen LogP contribution in [0.1, 0.15) is 12.8 Å². The maximum absolute atomic E-state index is 4.82. The third kappa shape index (κ3) is 2.58. The van der Waals surface area contributed by atoms with Crippen molar-refractivity contribution in [2.24, 2.45) is 7.05 Å². The Morgan fingerprint density at radius 3 is 2.58 bits per heavy atom. The topological polar surface area (TPSA) is 50.1 Å². The van der Waals surface area contributed by atoms with Gasteiger partial charge >= 0.3 is 0 Å². The Bertz CT molecular complexity index is 820. The minimum Gasteiger partial charge on any atom is -0.355 e. The zero-order chi connectivity index (χ0) is 16.5. The Hall–Kier alpha value is -2.63. The van der Waals surface area contributed by atoms with Crippen molar-refractivity contribution in [1.29, 1.82) is 0 Å². The third-order valence-electron chi connectivity index (χ3n) is 4.98. The molecular weight excluding hydrogens is 300 g/mol. The first kappa shape index (κ1) is 14.9. The molecule has 0 spiro atoms. The van der Waals surface area contributed by atoms with Crippen LogP contribution in [0.3, 0.4) is 0 Å². The third-order valence-corrected chi connectivity index (χ3v) is 4.98.